The molecule has 0 aliphatic heterocycles. The maximum atomic E-state index is 12.3. The van der Waals surface area contributed by atoms with E-state index in [1.807, 2.05) is 73.7 Å². The second-order valence-electron chi connectivity index (χ2n) is 6.04. The van der Waals surface area contributed by atoms with Gasteiger partial charge in [0.15, 0.2) is 6.61 Å². The third-order valence-corrected chi connectivity index (χ3v) is 4.46. The van der Waals surface area contributed by atoms with Crippen LogP contribution in [0.15, 0.2) is 77.3 Å². The van der Waals surface area contributed by atoms with Gasteiger partial charge in [0.1, 0.15) is 18.1 Å². The van der Waals surface area contributed by atoms with Crippen LogP contribution in [0, 0.1) is 6.92 Å². The third kappa shape index (κ3) is 5.59. The highest BCUT2D eigenvalue weighted by atomic mass is 79.9. The van der Waals surface area contributed by atoms with Gasteiger partial charge in [-0.15, -0.1) is 0 Å². The van der Waals surface area contributed by atoms with Crippen LogP contribution in [-0.2, 0) is 11.4 Å². The van der Waals surface area contributed by atoms with E-state index in [-0.39, 0.29) is 12.5 Å². The van der Waals surface area contributed by atoms with Crippen LogP contribution in [0.2, 0.25) is 0 Å². The van der Waals surface area contributed by atoms with Crippen molar-refractivity contribution < 1.29 is 14.3 Å². The van der Waals surface area contributed by atoms with Crippen LogP contribution in [0.25, 0.3) is 0 Å². The number of carbonyl (C=O) groups excluding carboxylic acids is 1. The molecule has 27 heavy (non-hydrogen) atoms. The molecule has 0 bridgehead atoms. The molecule has 138 valence electrons. The first-order valence-corrected chi connectivity index (χ1v) is 9.35. The van der Waals surface area contributed by atoms with Crippen molar-refractivity contribution in [2.24, 2.45) is 0 Å². The SMILES string of the molecule is Cc1ccc(OCC(=O)Nc2ccccc2OCc2ccccc2)c(Br)c1. The highest BCUT2D eigenvalue weighted by molar-refractivity contribution is 9.10. The average Bonchev–Trinajstić information content (AvgIpc) is 2.67. The van der Waals surface area contributed by atoms with Gasteiger partial charge in [0, 0.05) is 0 Å². The molecule has 3 aromatic carbocycles. The van der Waals surface area contributed by atoms with E-state index in [1.165, 1.54) is 0 Å². The van der Waals surface area contributed by atoms with Gasteiger partial charge in [-0.3, -0.25) is 4.79 Å². The largest absolute Gasteiger partial charge is 0.487 e. The summed E-state index contributed by atoms with van der Waals surface area (Å²) in [6, 6.07) is 23.0. The number of aryl methyl sites for hydroxylation is 1. The summed E-state index contributed by atoms with van der Waals surface area (Å²) >= 11 is 3.44. The molecule has 1 N–H and O–H groups in total. The molecule has 0 saturated heterocycles. The van der Waals surface area contributed by atoms with Crippen molar-refractivity contribution in [3.8, 4) is 11.5 Å². The lowest BCUT2D eigenvalue weighted by Crippen LogP contribution is -2.20. The van der Waals surface area contributed by atoms with E-state index in [4.69, 9.17) is 9.47 Å². The molecule has 0 aromatic heterocycles. The number of hydrogen-bond donors (Lipinski definition) is 1. The van der Waals surface area contributed by atoms with Gasteiger partial charge in [0.2, 0.25) is 0 Å². The van der Waals surface area contributed by atoms with Crippen molar-refractivity contribution in [2.45, 2.75) is 13.5 Å². The van der Waals surface area contributed by atoms with Crippen molar-refractivity contribution in [2.75, 3.05) is 11.9 Å². The van der Waals surface area contributed by atoms with Gasteiger partial charge in [0.05, 0.1) is 10.2 Å². The number of rotatable bonds is 7. The molecule has 4 nitrogen and oxygen atoms in total. The molecule has 0 fully saturated rings. The fourth-order valence-corrected chi connectivity index (χ4v) is 3.09. The molecule has 1 amide bonds. The normalized spacial score (nSPS) is 10.3. The maximum Gasteiger partial charge on any atom is 0.262 e. The molecule has 0 aliphatic rings. The second-order valence-corrected chi connectivity index (χ2v) is 6.90. The maximum absolute atomic E-state index is 12.3. The predicted molar refractivity (Wildman–Crippen MR) is 110 cm³/mol. The van der Waals surface area contributed by atoms with Gasteiger partial charge in [-0.25, -0.2) is 0 Å². The second kappa shape index (κ2) is 9.24. The fourth-order valence-electron chi connectivity index (χ4n) is 2.48. The van der Waals surface area contributed by atoms with E-state index in [0.717, 1.165) is 15.6 Å². The van der Waals surface area contributed by atoms with Crippen molar-refractivity contribution in [3.63, 3.8) is 0 Å². The quantitative estimate of drug-likeness (QED) is 0.554. The Bertz CT molecular complexity index is 912. The standard InChI is InChI=1S/C22H20BrNO3/c1-16-11-12-20(18(23)13-16)27-15-22(25)24-19-9-5-6-10-21(19)26-14-17-7-3-2-4-8-17/h2-13H,14-15H2,1H3,(H,24,25). The van der Waals surface area contributed by atoms with E-state index in [2.05, 4.69) is 21.2 Å². The number of para-hydroxylation sites is 2. The van der Waals surface area contributed by atoms with Crippen LogP contribution in [-0.4, -0.2) is 12.5 Å². The summed E-state index contributed by atoms with van der Waals surface area (Å²) in [5, 5.41) is 2.84. The zero-order chi connectivity index (χ0) is 19.1. The first-order valence-electron chi connectivity index (χ1n) is 8.56. The molecule has 0 spiro atoms. The number of carbonyl (C=O) groups is 1. The fraction of sp³-hybridized carbons (Fsp3) is 0.136. The molecule has 3 aromatic rings. The lowest BCUT2D eigenvalue weighted by Gasteiger charge is -2.13. The van der Waals surface area contributed by atoms with E-state index in [9.17, 15) is 4.79 Å². The van der Waals surface area contributed by atoms with E-state index in [1.54, 1.807) is 6.07 Å². The monoisotopic (exact) mass is 425 g/mol. The van der Waals surface area contributed by atoms with Crippen LogP contribution in [0.5, 0.6) is 11.5 Å². The van der Waals surface area contributed by atoms with Crippen LogP contribution in [0.3, 0.4) is 0 Å². The zero-order valence-corrected chi connectivity index (χ0v) is 16.5. The number of amides is 1. The van der Waals surface area contributed by atoms with E-state index in [0.29, 0.717) is 23.8 Å². The van der Waals surface area contributed by atoms with E-state index >= 15 is 0 Å². The molecule has 0 saturated carbocycles. The number of benzene rings is 3. The van der Waals surface area contributed by atoms with Crippen LogP contribution in [0.4, 0.5) is 5.69 Å². The summed E-state index contributed by atoms with van der Waals surface area (Å²) < 4.78 is 12.3. The summed E-state index contributed by atoms with van der Waals surface area (Å²) in [6.45, 7) is 2.34. The van der Waals surface area contributed by atoms with Crippen molar-refractivity contribution in [3.05, 3.63) is 88.4 Å². The summed E-state index contributed by atoms with van der Waals surface area (Å²) in [6.07, 6.45) is 0. The Labute approximate surface area is 167 Å². The molecule has 0 atom stereocenters. The first-order chi connectivity index (χ1) is 13.1. The Balaban J connectivity index is 1.59. The minimum Gasteiger partial charge on any atom is -0.487 e. The summed E-state index contributed by atoms with van der Waals surface area (Å²) in [7, 11) is 0. The van der Waals surface area contributed by atoms with Crippen LogP contribution in [0.1, 0.15) is 11.1 Å². The molecule has 0 unspecified atom stereocenters. The summed E-state index contributed by atoms with van der Waals surface area (Å²) in [5.41, 5.74) is 2.79. The van der Waals surface area contributed by atoms with Gasteiger partial charge < -0.3 is 14.8 Å². The van der Waals surface area contributed by atoms with Gasteiger partial charge in [-0.05, 0) is 58.2 Å². The Hall–Kier alpha value is -2.79. The predicted octanol–water partition coefficient (Wildman–Crippen LogP) is 5.35. The Kier molecular flexibility index (Phi) is 6.49. The number of halogens is 1. The van der Waals surface area contributed by atoms with Gasteiger partial charge >= 0.3 is 0 Å². The summed E-state index contributed by atoms with van der Waals surface area (Å²) in [5.74, 6) is 0.994. The first kappa shape index (κ1) is 19.0. The molecule has 0 aliphatic carbocycles. The van der Waals surface area contributed by atoms with E-state index < -0.39 is 0 Å². The highest BCUT2D eigenvalue weighted by Crippen LogP contribution is 2.27. The molecule has 5 heteroatoms. The van der Waals surface area contributed by atoms with Crippen LogP contribution >= 0.6 is 15.9 Å². The Morgan fingerprint density at radius 1 is 0.926 bits per heavy atom. The topological polar surface area (TPSA) is 47.6 Å². The lowest BCUT2D eigenvalue weighted by atomic mass is 10.2. The zero-order valence-electron chi connectivity index (χ0n) is 14.9. The molecule has 0 radical (unpaired) electrons. The average molecular weight is 426 g/mol. The van der Waals surface area contributed by atoms with Gasteiger partial charge in [0.25, 0.3) is 5.91 Å². The van der Waals surface area contributed by atoms with Crippen molar-refractivity contribution >= 4 is 27.5 Å². The summed E-state index contributed by atoms with van der Waals surface area (Å²) in [4.78, 5) is 12.3. The minimum absolute atomic E-state index is 0.0886. The van der Waals surface area contributed by atoms with Crippen LogP contribution < -0.4 is 14.8 Å². The number of hydrogen-bond acceptors (Lipinski definition) is 3. The Morgan fingerprint density at radius 3 is 2.44 bits per heavy atom. The molecular weight excluding hydrogens is 406 g/mol. The molecular formula is C22H20BrNO3. The van der Waals surface area contributed by atoms with Gasteiger partial charge in [-0.1, -0.05) is 48.5 Å². The lowest BCUT2D eigenvalue weighted by molar-refractivity contribution is -0.118. The number of nitrogens with one attached hydrogen (secondary N) is 1. The smallest absolute Gasteiger partial charge is 0.262 e. The minimum atomic E-state index is -0.252. The Morgan fingerprint density at radius 2 is 1.67 bits per heavy atom. The molecule has 3 rings (SSSR count). The third-order valence-electron chi connectivity index (χ3n) is 3.84. The number of ether oxygens (including phenoxy) is 2. The number of anilines is 1. The van der Waals surface area contributed by atoms with Gasteiger partial charge in [-0.2, -0.15) is 0 Å². The van der Waals surface area contributed by atoms with Crippen molar-refractivity contribution in [1.82, 2.24) is 0 Å². The molecule has 0 heterocycles. The highest BCUT2D eigenvalue weighted by Gasteiger charge is 2.10. The van der Waals surface area contributed by atoms with Crippen molar-refractivity contribution in [1.29, 1.82) is 0 Å².